The van der Waals surface area contributed by atoms with Crippen LogP contribution in [0.3, 0.4) is 0 Å². The number of H-pyrrole nitrogens is 1. The Morgan fingerprint density at radius 3 is 2.63 bits per heavy atom. The number of nitrogens with one attached hydrogen (secondary N) is 2. The fourth-order valence-corrected chi connectivity index (χ4v) is 1.56. The van der Waals surface area contributed by atoms with E-state index in [1.54, 1.807) is 7.11 Å². The first-order chi connectivity index (χ1) is 9.10. The number of hydrogen-bond acceptors (Lipinski definition) is 6. The molecule has 7 heteroatoms. The zero-order valence-corrected chi connectivity index (χ0v) is 10.4. The van der Waals surface area contributed by atoms with Gasteiger partial charge in [0, 0.05) is 6.54 Å². The van der Waals surface area contributed by atoms with E-state index >= 15 is 0 Å². The number of nitrogen functional groups attached to an aromatic ring is 2. The van der Waals surface area contributed by atoms with Crippen LogP contribution in [0.15, 0.2) is 29.1 Å². The molecule has 0 saturated carbocycles. The number of ether oxygens (including phenoxy) is 1. The molecule has 2 aromatic rings. The Morgan fingerprint density at radius 1 is 1.32 bits per heavy atom. The molecule has 0 radical (unpaired) electrons. The number of rotatable bonds is 4. The summed E-state index contributed by atoms with van der Waals surface area (Å²) in [6.07, 6.45) is 0. The number of aromatic amines is 1. The van der Waals surface area contributed by atoms with E-state index in [1.165, 1.54) is 0 Å². The van der Waals surface area contributed by atoms with Crippen molar-refractivity contribution in [3.05, 3.63) is 40.2 Å². The van der Waals surface area contributed by atoms with Gasteiger partial charge in [-0.25, -0.2) is 0 Å². The lowest BCUT2D eigenvalue weighted by atomic mass is 10.2. The van der Waals surface area contributed by atoms with E-state index in [4.69, 9.17) is 16.2 Å². The van der Waals surface area contributed by atoms with Gasteiger partial charge < -0.3 is 21.5 Å². The highest BCUT2D eigenvalue weighted by molar-refractivity contribution is 5.61. The summed E-state index contributed by atoms with van der Waals surface area (Å²) in [5, 5.41) is 2.97. The van der Waals surface area contributed by atoms with Crippen molar-refractivity contribution in [2.45, 2.75) is 6.54 Å². The summed E-state index contributed by atoms with van der Waals surface area (Å²) in [6, 6.07) is 7.50. The molecule has 7 nitrogen and oxygen atoms in total. The normalized spacial score (nSPS) is 10.2. The largest absolute Gasteiger partial charge is 0.497 e. The average Bonchev–Trinajstić information content (AvgIpc) is 2.41. The topological polar surface area (TPSA) is 119 Å². The summed E-state index contributed by atoms with van der Waals surface area (Å²) in [4.78, 5) is 17.7. The second-order valence-electron chi connectivity index (χ2n) is 3.92. The highest BCUT2D eigenvalue weighted by Crippen LogP contribution is 2.14. The molecule has 0 aliphatic heterocycles. The van der Waals surface area contributed by atoms with Crippen LogP contribution in [-0.4, -0.2) is 17.1 Å². The lowest BCUT2D eigenvalue weighted by Crippen LogP contribution is -2.18. The van der Waals surface area contributed by atoms with Gasteiger partial charge >= 0.3 is 0 Å². The Bertz CT molecular complexity index is 621. The van der Waals surface area contributed by atoms with Crippen molar-refractivity contribution >= 4 is 17.5 Å². The van der Waals surface area contributed by atoms with Gasteiger partial charge in [-0.15, -0.1) is 0 Å². The maximum Gasteiger partial charge on any atom is 0.277 e. The molecule has 0 unspecified atom stereocenters. The number of nitrogens with zero attached hydrogens (tertiary/aromatic N) is 1. The average molecular weight is 261 g/mol. The van der Waals surface area contributed by atoms with E-state index in [1.807, 2.05) is 24.3 Å². The van der Waals surface area contributed by atoms with E-state index in [9.17, 15) is 4.79 Å². The Morgan fingerprint density at radius 2 is 2.00 bits per heavy atom. The van der Waals surface area contributed by atoms with Crippen molar-refractivity contribution in [1.82, 2.24) is 9.97 Å². The molecular formula is C12H15N5O2. The third kappa shape index (κ3) is 2.95. The molecule has 1 heterocycles. The molecule has 1 aromatic carbocycles. The van der Waals surface area contributed by atoms with Crippen molar-refractivity contribution in [3.63, 3.8) is 0 Å². The number of hydrogen-bond donors (Lipinski definition) is 4. The molecule has 1 aromatic heterocycles. The Hall–Kier alpha value is -2.70. The summed E-state index contributed by atoms with van der Waals surface area (Å²) >= 11 is 0. The maximum absolute atomic E-state index is 11.4. The molecule has 0 amide bonds. The van der Waals surface area contributed by atoms with Gasteiger partial charge in [0.05, 0.1) is 7.11 Å². The van der Waals surface area contributed by atoms with Crippen LogP contribution in [0.25, 0.3) is 0 Å². The van der Waals surface area contributed by atoms with Gasteiger partial charge in [-0.05, 0) is 17.7 Å². The van der Waals surface area contributed by atoms with Crippen molar-refractivity contribution < 1.29 is 4.74 Å². The van der Waals surface area contributed by atoms with Crippen LogP contribution < -0.4 is 27.1 Å². The van der Waals surface area contributed by atoms with Gasteiger partial charge in [-0.1, -0.05) is 12.1 Å². The minimum Gasteiger partial charge on any atom is -0.497 e. The van der Waals surface area contributed by atoms with Crippen LogP contribution in [0, 0.1) is 0 Å². The zero-order chi connectivity index (χ0) is 13.8. The minimum atomic E-state index is -0.454. The van der Waals surface area contributed by atoms with Crippen LogP contribution in [-0.2, 0) is 6.54 Å². The Kier molecular flexibility index (Phi) is 3.56. The quantitative estimate of drug-likeness (QED) is 0.638. The number of anilines is 3. The molecule has 100 valence electrons. The standard InChI is InChI=1S/C12H15N5O2/c1-19-8-4-2-7(3-5-8)6-15-10-9(13)11(18)17-12(14)16-10/h2-5H,6,13H2,1H3,(H4,14,15,16,17,18). The van der Waals surface area contributed by atoms with Crippen LogP contribution in [0.4, 0.5) is 17.5 Å². The molecule has 0 aliphatic carbocycles. The molecule has 2 rings (SSSR count). The summed E-state index contributed by atoms with van der Waals surface area (Å²) in [6.45, 7) is 0.476. The van der Waals surface area contributed by atoms with E-state index in [-0.39, 0.29) is 17.5 Å². The van der Waals surface area contributed by atoms with Gasteiger partial charge in [0.1, 0.15) is 11.4 Å². The Labute approximate surface area is 109 Å². The number of aromatic nitrogens is 2. The van der Waals surface area contributed by atoms with Gasteiger partial charge in [0.2, 0.25) is 5.95 Å². The molecule has 0 bridgehead atoms. The van der Waals surface area contributed by atoms with Crippen LogP contribution in [0.2, 0.25) is 0 Å². The lowest BCUT2D eigenvalue weighted by Gasteiger charge is -2.08. The van der Waals surface area contributed by atoms with E-state index in [0.29, 0.717) is 6.54 Å². The first-order valence-electron chi connectivity index (χ1n) is 5.62. The SMILES string of the molecule is COc1ccc(CNc2nc(N)[nH]c(=O)c2N)cc1. The molecule has 0 spiro atoms. The summed E-state index contributed by atoms with van der Waals surface area (Å²) in [5.41, 5.74) is 11.6. The van der Waals surface area contributed by atoms with Crippen LogP contribution in [0.1, 0.15) is 5.56 Å². The monoisotopic (exact) mass is 261 g/mol. The smallest absolute Gasteiger partial charge is 0.277 e. The number of methoxy groups -OCH3 is 1. The molecular weight excluding hydrogens is 246 g/mol. The summed E-state index contributed by atoms with van der Waals surface area (Å²) in [5.74, 6) is 1.08. The van der Waals surface area contributed by atoms with Crippen molar-refractivity contribution in [2.75, 3.05) is 23.9 Å². The minimum absolute atomic E-state index is 0.0164. The highest BCUT2D eigenvalue weighted by Gasteiger charge is 2.06. The molecule has 0 fully saturated rings. The zero-order valence-electron chi connectivity index (χ0n) is 10.4. The molecule has 0 aliphatic rings. The first kappa shape index (κ1) is 12.7. The second kappa shape index (κ2) is 5.30. The first-order valence-corrected chi connectivity index (χ1v) is 5.62. The fourth-order valence-electron chi connectivity index (χ4n) is 1.56. The predicted molar refractivity (Wildman–Crippen MR) is 74.0 cm³/mol. The third-order valence-electron chi connectivity index (χ3n) is 2.59. The maximum atomic E-state index is 11.4. The van der Waals surface area contributed by atoms with Crippen molar-refractivity contribution in [1.29, 1.82) is 0 Å². The predicted octanol–water partition coefficient (Wildman–Crippen LogP) is 0.555. The summed E-state index contributed by atoms with van der Waals surface area (Å²) < 4.78 is 5.07. The lowest BCUT2D eigenvalue weighted by molar-refractivity contribution is 0.414. The van der Waals surface area contributed by atoms with Gasteiger partial charge in [0.15, 0.2) is 5.82 Å². The molecule has 0 saturated heterocycles. The highest BCUT2D eigenvalue weighted by atomic mass is 16.5. The van der Waals surface area contributed by atoms with E-state index < -0.39 is 5.56 Å². The number of benzene rings is 1. The third-order valence-corrected chi connectivity index (χ3v) is 2.59. The van der Waals surface area contributed by atoms with Crippen molar-refractivity contribution in [2.24, 2.45) is 0 Å². The Balaban J connectivity index is 2.12. The van der Waals surface area contributed by atoms with Gasteiger partial charge in [-0.2, -0.15) is 4.98 Å². The molecule has 6 N–H and O–H groups in total. The molecule has 0 atom stereocenters. The van der Waals surface area contributed by atoms with Crippen LogP contribution >= 0.6 is 0 Å². The van der Waals surface area contributed by atoms with Gasteiger partial charge in [-0.3, -0.25) is 9.78 Å². The molecule has 19 heavy (non-hydrogen) atoms. The second-order valence-corrected chi connectivity index (χ2v) is 3.92. The van der Waals surface area contributed by atoms with E-state index in [2.05, 4.69) is 15.3 Å². The van der Waals surface area contributed by atoms with E-state index in [0.717, 1.165) is 11.3 Å². The van der Waals surface area contributed by atoms with Crippen molar-refractivity contribution in [3.8, 4) is 5.75 Å². The number of nitrogens with two attached hydrogens (primary N) is 2. The van der Waals surface area contributed by atoms with Gasteiger partial charge in [0.25, 0.3) is 5.56 Å². The summed E-state index contributed by atoms with van der Waals surface area (Å²) in [7, 11) is 1.61. The van der Waals surface area contributed by atoms with Crippen LogP contribution in [0.5, 0.6) is 5.75 Å². The fraction of sp³-hybridized carbons (Fsp3) is 0.167.